The van der Waals surface area contributed by atoms with Crippen LogP contribution in [0.1, 0.15) is 24.1 Å². The zero-order valence-corrected chi connectivity index (χ0v) is 30.8. The zero-order valence-electron chi connectivity index (χ0n) is 28.4. The second-order valence-electron chi connectivity index (χ2n) is 12.3. The minimum Gasteiger partial charge on any atom is -0.499 e. The molecular formula is C47H33IrN3O-2. The van der Waals surface area contributed by atoms with Crippen LogP contribution in [-0.2, 0) is 20.1 Å². The molecule has 1 radical (unpaired) electrons. The van der Waals surface area contributed by atoms with E-state index in [-0.39, 0.29) is 26.0 Å². The van der Waals surface area contributed by atoms with Gasteiger partial charge in [-0.25, -0.2) is 4.98 Å². The minimum absolute atomic E-state index is 0. The summed E-state index contributed by atoms with van der Waals surface area (Å²) in [5, 5.41) is 0.979. The molecule has 1 unspecified atom stereocenters. The Balaban J connectivity index is 0.000000188. The smallest absolute Gasteiger partial charge is 0.139 e. The van der Waals surface area contributed by atoms with E-state index in [1.54, 1.807) is 6.20 Å². The van der Waals surface area contributed by atoms with Crippen molar-refractivity contribution < 1.29 is 24.5 Å². The molecule has 253 valence electrons. The van der Waals surface area contributed by atoms with Crippen LogP contribution in [0.3, 0.4) is 0 Å². The van der Waals surface area contributed by atoms with Gasteiger partial charge in [-0.15, -0.1) is 53.6 Å². The number of pyridine rings is 3. The maximum Gasteiger partial charge on any atom is 0.139 e. The van der Waals surface area contributed by atoms with Crippen molar-refractivity contribution in [2.45, 2.75) is 12.8 Å². The van der Waals surface area contributed by atoms with Gasteiger partial charge in [0, 0.05) is 44.1 Å². The monoisotopic (exact) mass is 848 g/mol. The van der Waals surface area contributed by atoms with Crippen LogP contribution in [0.2, 0.25) is 0 Å². The normalized spacial score (nSPS) is 11.3. The van der Waals surface area contributed by atoms with E-state index in [0.29, 0.717) is 0 Å². The summed E-state index contributed by atoms with van der Waals surface area (Å²) >= 11 is 0. The van der Waals surface area contributed by atoms with Crippen molar-refractivity contribution >= 4 is 22.1 Å². The van der Waals surface area contributed by atoms with Crippen molar-refractivity contribution in [1.29, 1.82) is 0 Å². The molecule has 4 aromatic heterocycles. The summed E-state index contributed by atoms with van der Waals surface area (Å²) < 4.78 is 6.29. The molecule has 4 nitrogen and oxygen atoms in total. The van der Waals surface area contributed by atoms with Crippen LogP contribution in [-0.4, -0.2) is 15.0 Å². The number of fused-ring (bicyclic) bond motifs is 3. The molecule has 52 heavy (non-hydrogen) atoms. The van der Waals surface area contributed by atoms with E-state index in [4.69, 9.17) is 9.40 Å². The van der Waals surface area contributed by atoms with E-state index in [2.05, 4.69) is 102 Å². The van der Waals surface area contributed by atoms with E-state index < -0.39 is 0 Å². The van der Waals surface area contributed by atoms with Crippen LogP contribution < -0.4 is 0 Å². The van der Waals surface area contributed by atoms with Gasteiger partial charge in [0.2, 0.25) is 0 Å². The van der Waals surface area contributed by atoms with E-state index >= 15 is 0 Å². The van der Waals surface area contributed by atoms with Crippen LogP contribution in [0, 0.1) is 12.1 Å². The summed E-state index contributed by atoms with van der Waals surface area (Å²) in [6.45, 7) is 2.18. The SMILES string of the molecule is CC(c1ccccc1)c1ccc2oc3c(-c4cc(-c5ccccc5)ccn4)[c-]ccc3c2n1.[Ir].[c-]1ccc(-c2ccccc2)cc1-c1ccccn1. The first-order valence-electron chi connectivity index (χ1n) is 17.0. The van der Waals surface area contributed by atoms with Crippen LogP contribution in [0.5, 0.6) is 0 Å². The maximum absolute atomic E-state index is 6.29. The number of hydrogen-bond donors (Lipinski definition) is 0. The van der Waals surface area contributed by atoms with Gasteiger partial charge in [-0.3, -0.25) is 0 Å². The third kappa shape index (κ3) is 7.38. The van der Waals surface area contributed by atoms with Crippen LogP contribution >= 0.6 is 0 Å². The average molecular weight is 848 g/mol. The van der Waals surface area contributed by atoms with Gasteiger partial charge in [-0.1, -0.05) is 122 Å². The molecule has 0 spiro atoms. The molecule has 0 saturated heterocycles. The van der Waals surface area contributed by atoms with Gasteiger partial charge >= 0.3 is 0 Å². The maximum atomic E-state index is 6.29. The van der Waals surface area contributed by atoms with Gasteiger partial charge in [0.15, 0.2) is 0 Å². The fraction of sp³-hybridized carbons (Fsp3) is 0.0426. The molecule has 5 aromatic carbocycles. The molecular weight excluding hydrogens is 815 g/mol. The first kappa shape index (κ1) is 34.4. The number of aromatic nitrogens is 3. The van der Waals surface area contributed by atoms with Crippen molar-refractivity contribution in [1.82, 2.24) is 15.0 Å². The summed E-state index contributed by atoms with van der Waals surface area (Å²) in [6, 6.07) is 61.9. The molecule has 5 heteroatoms. The Hall–Kier alpha value is -6.00. The number of nitrogens with zero attached hydrogens (tertiary/aromatic N) is 3. The molecule has 0 bridgehead atoms. The Morgan fingerprint density at radius 3 is 1.92 bits per heavy atom. The molecule has 9 aromatic rings. The van der Waals surface area contributed by atoms with E-state index in [1.807, 2.05) is 97.2 Å². The second-order valence-corrected chi connectivity index (χ2v) is 12.3. The Kier molecular flexibility index (Phi) is 10.5. The summed E-state index contributed by atoms with van der Waals surface area (Å²) in [7, 11) is 0. The van der Waals surface area contributed by atoms with Crippen molar-refractivity contribution in [2.24, 2.45) is 0 Å². The van der Waals surface area contributed by atoms with Gasteiger partial charge in [0.1, 0.15) is 5.58 Å². The minimum atomic E-state index is 0. The van der Waals surface area contributed by atoms with E-state index in [9.17, 15) is 0 Å². The molecule has 0 aliphatic heterocycles. The molecule has 9 rings (SSSR count). The second kappa shape index (κ2) is 15.9. The number of benzene rings is 5. The first-order chi connectivity index (χ1) is 25.2. The fourth-order valence-electron chi connectivity index (χ4n) is 6.29. The Bertz CT molecular complexity index is 2480. The Labute approximate surface area is 317 Å². The topological polar surface area (TPSA) is 51.8 Å². The molecule has 0 fully saturated rings. The zero-order chi connectivity index (χ0) is 34.4. The van der Waals surface area contributed by atoms with Crippen molar-refractivity contribution in [3.8, 4) is 44.8 Å². The average Bonchev–Trinajstić information content (AvgIpc) is 3.60. The summed E-state index contributed by atoms with van der Waals surface area (Å²) in [5.74, 6) is 0.194. The fourth-order valence-corrected chi connectivity index (χ4v) is 6.29. The summed E-state index contributed by atoms with van der Waals surface area (Å²) in [6.07, 6.45) is 3.64. The largest absolute Gasteiger partial charge is 0.499 e. The summed E-state index contributed by atoms with van der Waals surface area (Å²) in [4.78, 5) is 14.0. The predicted octanol–water partition coefficient (Wildman–Crippen LogP) is 11.9. The van der Waals surface area contributed by atoms with Gasteiger partial charge in [0.25, 0.3) is 0 Å². The Morgan fingerprint density at radius 1 is 0.558 bits per heavy atom. The molecule has 0 N–H and O–H groups in total. The van der Waals surface area contributed by atoms with Crippen molar-refractivity contribution in [2.75, 3.05) is 0 Å². The number of hydrogen-bond acceptors (Lipinski definition) is 4. The molecule has 0 saturated carbocycles. The Morgan fingerprint density at radius 2 is 1.21 bits per heavy atom. The van der Waals surface area contributed by atoms with Gasteiger partial charge < -0.3 is 14.4 Å². The molecule has 0 aliphatic rings. The molecule has 4 heterocycles. The third-order valence-corrected chi connectivity index (χ3v) is 9.01. The predicted molar refractivity (Wildman–Crippen MR) is 207 cm³/mol. The number of rotatable bonds is 6. The van der Waals surface area contributed by atoms with Crippen LogP contribution in [0.25, 0.3) is 66.8 Å². The quantitative estimate of drug-likeness (QED) is 0.156. The molecule has 1 atom stereocenters. The van der Waals surface area contributed by atoms with Gasteiger partial charge in [0.05, 0.1) is 11.1 Å². The first-order valence-corrected chi connectivity index (χ1v) is 17.0. The van der Waals surface area contributed by atoms with E-state index in [0.717, 1.165) is 61.4 Å². The van der Waals surface area contributed by atoms with Crippen LogP contribution in [0.4, 0.5) is 0 Å². The van der Waals surface area contributed by atoms with Crippen molar-refractivity contribution in [3.05, 3.63) is 200 Å². The van der Waals surface area contributed by atoms with Gasteiger partial charge in [-0.05, 0) is 63.3 Å². The van der Waals surface area contributed by atoms with Crippen LogP contribution in [0.15, 0.2) is 181 Å². The van der Waals surface area contributed by atoms with Crippen molar-refractivity contribution in [3.63, 3.8) is 0 Å². The summed E-state index contributed by atoms with van der Waals surface area (Å²) in [5.41, 5.74) is 13.0. The standard InChI is InChI=1S/C30H21N2O.C17H12N.Ir/c1-20(21-9-4-2-5-10-21)26-15-16-28-29(32-26)25-14-8-13-24(30(25)33-28)27-19-23(17-18-31-27)22-11-6-3-7-12-22;1-2-7-14(8-3-1)15-9-6-10-16(13-15)17-11-4-5-12-18-17;/h2-12,14-20H,1H3;1-9,11-13H;/q2*-1;. The van der Waals surface area contributed by atoms with E-state index in [1.165, 1.54) is 16.7 Å². The third-order valence-electron chi connectivity index (χ3n) is 9.01. The number of furan rings is 1. The van der Waals surface area contributed by atoms with Gasteiger partial charge in [-0.2, -0.15) is 0 Å². The molecule has 0 aliphatic carbocycles. The molecule has 0 amide bonds.